The molecule has 1 N–H and O–H groups in total. The van der Waals surface area contributed by atoms with E-state index in [-0.39, 0.29) is 18.0 Å². The average molecular weight is 455 g/mol. The van der Waals surface area contributed by atoms with Gasteiger partial charge >= 0.3 is 0 Å². The van der Waals surface area contributed by atoms with Crippen LogP contribution in [0.2, 0.25) is 0 Å². The molecule has 0 unspecified atom stereocenters. The van der Waals surface area contributed by atoms with Crippen molar-refractivity contribution in [3.05, 3.63) is 86.9 Å². The maximum atomic E-state index is 13.9. The fourth-order valence-electron chi connectivity index (χ4n) is 2.99. The van der Waals surface area contributed by atoms with E-state index in [2.05, 4.69) is 25.9 Å². The van der Waals surface area contributed by atoms with E-state index in [1.165, 1.54) is 13.2 Å². The fourth-order valence-corrected chi connectivity index (χ4v) is 3.54. The minimum absolute atomic E-state index is 0.0477. The zero-order valence-electron chi connectivity index (χ0n) is 15.4. The zero-order valence-corrected chi connectivity index (χ0v) is 17.0. The van der Waals surface area contributed by atoms with Crippen molar-refractivity contribution < 1.29 is 13.9 Å². The standard InChI is InChI=1S/C22H16BrFN2O3/c1-28-19-11-14(21-25-18-9-5-3-7-15(18)22(27)26-21)10-16(23)20(19)29-12-13-6-2-4-8-17(13)24/h2-11H,12H2,1H3,(H,25,26,27). The summed E-state index contributed by atoms with van der Waals surface area (Å²) in [6, 6.07) is 17.0. The summed E-state index contributed by atoms with van der Waals surface area (Å²) in [5.74, 6) is 0.940. The summed E-state index contributed by atoms with van der Waals surface area (Å²) in [5, 5.41) is 0.520. The van der Waals surface area contributed by atoms with Crippen molar-refractivity contribution in [1.29, 1.82) is 0 Å². The number of para-hydroxylation sites is 1. The van der Waals surface area contributed by atoms with Crippen LogP contribution in [-0.2, 0) is 6.61 Å². The summed E-state index contributed by atoms with van der Waals surface area (Å²) in [7, 11) is 1.51. The second-order valence-corrected chi connectivity index (χ2v) is 7.16. The molecule has 0 atom stereocenters. The summed E-state index contributed by atoms with van der Waals surface area (Å²) in [6.07, 6.45) is 0. The first-order valence-corrected chi connectivity index (χ1v) is 9.59. The van der Waals surface area contributed by atoms with Gasteiger partial charge in [-0.15, -0.1) is 0 Å². The van der Waals surface area contributed by atoms with Gasteiger partial charge in [0.2, 0.25) is 0 Å². The van der Waals surface area contributed by atoms with Crippen LogP contribution in [0.15, 0.2) is 69.9 Å². The van der Waals surface area contributed by atoms with Gasteiger partial charge in [-0.25, -0.2) is 9.37 Å². The third-order valence-electron chi connectivity index (χ3n) is 4.45. The van der Waals surface area contributed by atoms with Crippen molar-refractivity contribution in [3.63, 3.8) is 0 Å². The summed E-state index contributed by atoms with van der Waals surface area (Å²) < 4.78 is 25.7. The highest BCUT2D eigenvalue weighted by Crippen LogP contribution is 2.39. The van der Waals surface area contributed by atoms with Crippen LogP contribution >= 0.6 is 15.9 Å². The molecule has 0 saturated carbocycles. The lowest BCUT2D eigenvalue weighted by Crippen LogP contribution is -2.09. The molecule has 1 aromatic heterocycles. The van der Waals surface area contributed by atoms with Gasteiger partial charge in [0.15, 0.2) is 11.5 Å². The molecule has 7 heteroatoms. The first-order chi connectivity index (χ1) is 14.1. The Balaban J connectivity index is 1.71. The molecule has 0 radical (unpaired) electrons. The van der Waals surface area contributed by atoms with Gasteiger partial charge in [-0.2, -0.15) is 0 Å². The maximum Gasteiger partial charge on any atom is 0.259 e. The summed E-state index contributed by atoms with van der Waals surface area (Å²) in [4.78, 5) is 19.7. The molecule has 0 aliphatic carbocycles. The number of H-pyrrole nitrogens is 1. The van der Waals surface area contributed by atoms with E-state index in [0.29, 0.717) is 43.8 Å². The minimum atomic E-state index is -0.336. The Morgan fingerprint density at radius 2 is 1.86 bits per heavy atom. The lowest BCUT2D eigenvalue weighted by atomic mass is 10.1. The smallest absolute Gasteiger partial charge is 0.259 e. The first kappa shape index (κ1) is 19.1. The number of aromatic nitrogens is 2. The molecule has 3 aromatic carbocycles. The van der Waals surface area contributed by atoms with Crippen molar-refractivity contribution in [2.45, 2.75) is 6.61 Å². The highest BCUT2D eigenvalue weighted by atomic mass is 79.9. The van der Waals surface area contributed by atoms with Gasteiger partial charge < -0.3 is 14.5 Å². The number of ether oxygens (including phenoxy) is 2. The van der Waals surface area contributed by atoms with Crippen molar-refractivity contribution >= 4 is 26.8 Å². The highest BCUT2D eigenvalue weighted by Gasteiger charge is 2.15. The van der Waals surface area contributed by atoms with E-state index in [4.69, 9.17) is 9.47 Å². The minimum Gasteiger partial charge on any atom is -0.493 e. The molecule has 5 nitrogen and oxygen atoms in total. The second-order valence-electron chi connectivity index (χ2n) is 6.30. The number of methoxy groups -OCH3 is 1. The molecule has 0 amide bonds. The van der Waals surface area contributed by atoms with Crippen LogP contribution in [0.4, 0.5) is 4.39 Å². The van der Waals surface area contributed by atoms with Gasteiger partial charge in [0, 0.05) is 11.1 Å². The Kier molecular flexibility index (Phi) is 5.31. The van der Waals surface area contributed by atoms with Crippen molar-refractivity contribution in [1.82, 2.24) is 9.97 Å². The molecule has 1 heterocycles. The molecule has 0 spiro atoms. The summed E-state index contributed by atoms with van der Waals surface area (Å²) in [6.45, 7) is 0.0477. The average Bonchev–Trinajstić information content (AvgIpc) is 2.73. The molecule has 0 saturated heterocycles. The molecule has 0 aliphatic rings. The number of halogens is 2. The Morgan fingerprint density at radius 1 is 1.10 bits per heavy atom. The van der Waals surface area contributed by atoms with Crippen molar-refractivity contribution in [2.75, 3.05) is 7.11 Å². The second kappa shape index (κ2) is 8.05. The largest absolute Gasteiger partial charge is 0.493 e. The predicted molar refractivity (Wildman–Crippen MR) is 113 cm³/mol. The highest BCUT2D eigenvalue weighted by molar-refractivity contribution is 9.10. The van der Waals surface area contributed by atoms with Crippen LogP contribution in [0.3, 0.4) is 0 Å². The number of rotatable bonds is 5. The van der Waals surface area contributed by atoms with Gasteiger partial charge in [0.05, 0.1) is 22.5 Å². The van der Waals surface area contributed by atoms with Crippen molar-refractivity contribution in [2.24, 2.45) is 0 Å². The molecule has 0 fully saturated rings. The quantitative estimate of drug-likeness (QED) is 0.456. The number of nitrogens with zero attached hydrogens (tertiary/aromatic N) is 1. The van der Waals surface area contributed by atoms with Crippen molar-refractivity contribution in [3.8, 4) is 22.9 Å². The topological polar surface area (TPSA) is 64.2 Å². The fraction of sp³-hybridized carbons (Fsp3) is 0.0909. The first-order valence-electron chi connectivity index (χ1n) is 8.80. The lowest BCUT2D eigenvalue weighted by molar-refractivity contribution is 0.278. The lowest BCUT2D eigenvalue weighted by Gasteiger charge is -2.15. The van der Waals surface area contributed by atoms with E-state index in [1.807, 2.05) is 6.07 Å². The summed E-state index contributed by atoms with van der Waals surface area (Å²) >= 11 is 3.48. The molecular formula is C22H16BrFN2O3. The van der Waals surface area contributed by atoms with Gasteiger partial charge in [-0.3, -0.25) is 4.79 Å². The van der Waals surface area contributed by atoms with Crippen LogP contribution in [0, 0.1) is 5.82 Å². The maximum absolute atomic E-state index is 13.9. The Hall–Kier alpha value is -3.19. The Bertz CT molecular complexity index is 1260. The Morgan fingerprint density at radius 3 is 2.66 bits per heavy atom. The van der Waals surface area contributed by atoms with Gasteiger partial charge in [-0.05, 0) is 46.3 Å². The third-order valence-corrected chi connectivity index (χ3v) is 5.03. The SMILES string of the molecule is COc1cc(-c2nc3ccccc3c(=O)[nH]2)cc(Br)c1OCc1ccccc1F. The number of fused-ring (bicyclic) bond motifs is 1. The number of benzene rings is 3. The van der Waals surface area contributed by atoms with Crippen LogP contribution in [-0.4, -0.2) is 17.1 Å². The number of hydrogen-bond donors (Lipinski definition) is 1. The van der Waals surface area contributed by atoms with Gasteiger partial charge in [-0.1, -0.05) is 30.3 Å². The van der Waals surface area contributed by atoms with E-state index < -0.39 is 0 Å². The molecular weight excluding hydrogens is 439 g/mol. The molecule has 29 heavy (non-hydrogen) atoms. The molecule has 4 rings (SSSR count). The third kappa shape index (κ3) is 3.86. The predicted octanol–water partition coefficient (Wildman–Crippen LogP) is 5.08. The van der Waals surface area contributed by atoms with Crippen LogP contribution in [0.25, 0.3) is 22.3 Å². The van der Waals surface area contributed by atoms with E-state index in [9.17, 15) is 9.18 Å². The monoisotopic (exact) mass is 454 g/mol. The number of nitrogens with one attached hydrogen (secondary N) is 1. The van der Waals surface area contributed by atoms with Gasteiger partial charge in [0.1, 0.15) is 18.2 Å². The summed E-state index contributed by atoms with van der Waals surface area (Å²) in [5.41, 5.74) is 1.46. The zero-order chi connectivity index (χ0) is 20.4. The van der Waals surface area contributed by atoms with E-state index in [0.717, 1.165) is 0 Å². The number of hydrogen-bond acceptors (Lipinski definition) is 4. The molecule has 0 bridgehead atoms. The Labute approximate surface area is 174 Å². The van der Waals surface area contributed by atoms with Crippen LogP contribution < -0.4 is 15.0 Å². The van der Waals surface area contributed by atoms with Gasteiger partial charge in [0.25, 0.3) is 5.56 Å². The van der Waals surface area contributed by atoms with E-state index in [1.54, 1.807) is 48.5 Å². The molecule has 0 aliphatic heterocycles. The number of aromatic amines is 1. The van der Waals surface area contributed by atoms with E-state index >= 15 is 0 Å². The van der Waals surface area contributed by atoms with Crippen LogP contribution in [0.5, 0.6) is 11.5 Å². The van der Waals surface area contributed by atoms with Crippen LogP contribution in [0.1, 0.15) is 5.56 Å². The molecule has 146 valence electrons. The normalized spacial score (nSPS) is 10.9. The molecule has 4 aromatic rings.